The number of unbranched alkanes of at least 4 members (excludes halogenated alkanes) is 1. The van der Waals surface area contributed by atoms with Gasteiger partial charge in [-0.15, -0.1) is 0 Å². The van der Waals surface area contributed by atoms with Crippen molar-refractivity contribution in [2.45, 2.75) is 96.9 Å². The lowest BCUT2D eigenvalue weighted by molar-refractivity contribution is -0.314. The van der Waals surface area contributed by atoms with Gasteiger partial charge in [0.1, 0.15) is 12.2 Å². The summed E-state index contributed by atoms with van der Waals surface area (Å²) < 4.78 is 5.78. The summed E-state index contributed by atoms with van der Waals surface area (Å²) >= 11 is 0. The Hall–Kier alpha value is -1.39. The molecule has 0 amide bonds. The Morgan fingerprint density at radius 2 is 1.73 bits per heavy atom. The van der Waals surface area contributed by atoms with Crippen molar-refractivity contribution in [3.05, 3.63) is 35.9 Å². The molecule has 146 valence electrons. The maximum Gasteiger partial charge on any atom is 0.306 e. The molecule has 2 rings (SSSR count). The fraction of sp³-hybridized carbons (Fsp3) is 0.682. The standard InChI is InChI=1S/C22H35NO3/c1-7-8-14-20(24)25-19-15-21(3,4)23(22(5,6)16-19)26-17(2)18-12-10-9-11-13-18/h9-13,17,19H,7-8,14-16H2,1-6H3. The first-order valence-electron chi connectivity index (χ1n) is 9.87. The van der Waals surface area contributed by atoms with Gasteiger partial charge in [0.05, 0.1) is 0 Å². The molecule has 1 fully saturated rings. The Balaban J connectivity index is 2.06. The molecule has 4 heteroatoms. The minimum atomic E-state index is -0.222. The molecule has 1 aromatic rings. The fourth-order valence-electron chi connectivity index (χ4n) is 4.05. The third-order valence-corrected chi connectivity index (χ3v) is 5.12. The van der Waals surface area contributed by atoms with E-state index < -0.39 is 0 Å². The molecule has 1 aliphatic heterocycles. The van der Waals surface area contributed by atoms with Crippen LogP contribution in [-0.4, -0.2) is 28.2 Å². The Morgan fingerprint density at radius 1 is 1.15 bits per heavy atom. The van der Waals surface area contributed by atoms with E-state index in [0.29, 0.717) is 6.42 Å². The summed E-state index contributed by atoms with van der Waals surface area (Å²) in [6.45, 7) is 12.8. The number of benzene rings is 1. The third-order valence-electron chi connectivity index (χ3n) is 5.12. The second kappa shape index (κ2) is 8.53. The molecule has 1 heterocycles. The quantitative estimate of drug-likeness (QED) is 0.607. The van der Waals surface area contributed by atoms with E-state index in [1.807, 2.05) is 18.2 Å². The number of rotatable bonds is 7. The Labute approximate surface area is 158 Å². The number of hydrogen-bond donors (Lipinski definition) is 0. The van der Waals surface area contributed by atoms with Crippen LogP contribution in [0.25, 0.3) is 0 Å². The molecule has 1 unspecified atom stereocenters. The van der Waals surface area contributed by atoms with Crippen molar-refractivity contribution in [1.82, 2.24) is 5.06 Å². The van der Waals surface area contributed by atoms with Crippen LogP contribution in [0.4, 0.5) is 0 Å². The van der Waals surface area contributed by atoms with Crippen LogP contribution < -0.4 is 0 Å². The van der Waals surface area contributed by atoms with Crippen molar-refractivity contribution in [3.8, 4) is 0 Å². The summed E-state index contributed by atoms with van der Waals surface area (Å²) in [5.74, 6) is -0.0736. The van der Waals surface area contributed by atoms with Crippen LogP contribution in [0.3, 0.4) is 0 Å². The normalized spacial score (nSPS) is 21.3. The first-order valence-corrected chi connectivity index (χ1v) is 9.87. The maximum absolute atomic E-state index is 12.1. The third kappa shape index (κ3) is 5.31. The second-order valence-electron chi connectivity index (χ2n) is 8.70. The predicted octanol–water partition coefficient (Wildman–Crippen LogP) is 5.43. The number of esters is 1. The Kier molecular flexibility index (Phi) is 6.86. The topological polar surface area (TPSA) is 38.8 Å². The van der Waals surface area contributed by atoms with E-state index >= 15 is 0 Å². The van der Waals surface area contributed by atoms with Gasteiger partial charge in [-0.25, -0.2) is 0 Å². The molecule has 0 aliphatic carbocycles. The monoisotopic (exact) mass is 361 g/mol. The molecule has 1 aliphatic rings. The van der Waals surface area contributed by atoms with Gasteiger partial charge in [-0.3, -0.25) is 9.63 Å². The predicted molar refractivity (Wildman–Crippen MR) is 105 cm³/mol. The number of carbonyl (C=O) groups is 1. The van der Waals surface area contributed by atoms with Gasteiger partial charge in [-0.05, 0) is 46.6 Å². The highest BCUT2D eigenvalue weighted by Gasteiger charge is 2.48. The first kappa shape index (κ1) is 20.9. The Bertz CT molecular complexity index is 564. The highest BCUT2D eigenvalue weighted by atomic mass is 16.7. The molecule has 0 radical (unpaired) electrons. The first-order chi connectivity index (χ1) is 12.2. The van der Waals surface area contributed by atoms with E-state index in [1.54, 1.807) is 0 Å². The minimum Gasteiger partial charge on any atom is -0.462 e. The summed E-state index contributed by atoms with van der Waals surface area (Å²) in [4.78, 5) is 18.5. The molecule has 0 bridgehead atoms. The lowest BCUT2D eigenvalue weighted by Crippen LogP contribution is -2.62. The molecule has 0 saturated carbocycles. The van der Waals surface area contributed by atoms with Crippen LogP contribution in [0.1, 0.15) is 85.3 Å². The van der Waals surface area contributed by atoms with Crippen LogP contribution in [0, 0.1) is 0 Å². The van der Waals surface area contributed by atoms with E-state index in [1.165, 1.54) is 0 Å². The molecule has 1 aromatic carbocycles. The number of hydroxylamine groups is 2. The van der Waals surface area contributed by atoms with Crippen LogP contribution in [0.5, 0.6) is 0 Å². The van der Waals surface area contributed by atoms with E-state index in [2.05, 4.69) is 58.7 Å². The average Bonchev–Trinajstić information content (AvgIpc) is 2.56. The molecule has 1 saturated heterocycles. The van der Waals surface area contributed by atoms with Crippen molar-refractivity contribution < 1.29 is 14.4 Å². The number of ether oxygens (including phenoxy) is 1. The zero-order chi connectivity index (χ0) is 19.4. The van der Waals surface area contributed by atoms with Crippen molar-refractivity contribution in [1.29, 1.82) is 0 Å². The van der Waals surface area contributed by atoms with Gasteiger partial charge in [0.2, 0.25) is 0 Å². The number of carbonyl (C=O) groups excluding carboxylic acids is 1. The molecule has 1 atom stereocenters. The molecule has 4 nitrogen and oxygen atoms in total. The number of piperidine rings is 1. The molecule has 0 N–H and O–H groups in total. The van der Waals surface area contributed by atoms with Crippen molar-refractivity contribution in [3.63, 3.8) is 0 Å². The van der Waals surface area contributed by atoms with E-state index in [9.17, 15) is 4.79 Å². The largest absolute Gasteiger partial charge is 0.462 e. The Morgan fingerprint density at radius 3 is 2.27 bits per heavy atom. The van der Waals surface area contributed by atoms with Crippen molar-refractivity contribution in [2.75, 3.05) is 0 Å². The van der Waals surface area contributed by atoms with Crippen molar-refractivity contribution in [2.24, 2.45) is 0 Å². The SMILES string of the molecule is CCCCC(=O)OC1CC(C)(C)N(OC(C)c2ccccc2)C(C)(C)C1. The number of hydrogen-bond acceptors (Lipinski definition) is 4. The summed E-state index contributed by atoms with van der Waals surface area (Å²) in [6, 6.07) is 10.3. The van der Waals surface area contributed by atoms with E-state index in [0.717, 1.165) is 31.2 Å². The highest BCUT2D eigenvalue weighted by Crippen LogP contribution is 2.41. The van der Waals surface area contributed by atoms with Crippen LogP contribution in [-0.2, 0) is 14.4 Å². The molecule has 0 spiro atoms. The van der Waals surface area contributed by atoms with Gasteiger partial charge in [0.25, 0.3) is 0 Å². The average molecular weight is 362 g/mol. The number of nitrogens with zero attached hydrogens (tertiary/aromatic N) is 1. The second-order valence-corrected chi connectivity index (χ2v) is 8.70. The highest BCUT2D eigenvalue weighted by molar-refractivity contribution is 5.69. The van der Waals surface area contributed by atoms with Gasteiger partial charge >= 0.3 is 5.97 Å². The smallest absolute Gasteiger partial charge is 0.306 e. The van der Waals surface area contributed by atoms with Gasteiger partial charge in [-0.2, -0.15) is 5.06 Å². The fourth-order valence-corrected chi connectivity index (χ4v) is 4.05. The van der Waals surface area contributed by atoms with Gasteiger partial charge < -0.3 is 4.74 Å². The lowest BCUT2D eigenvalue weighted by Gasteiger charge is -2.54. The van der Waals surface area contributed by atoms with E-state index in [-0.39, 0.29) is 29.3 Å². The molecular formula is C22H35NO3. The van der Waals surface area contributed by atoms with Crippen LogP contribution in [0.2, 0.25) is 0 Å². The molecule has 26 heavy (non-hydrogen) atoms. The van der Waals surface area contributed by atoms with Gasteiger partial charge in [0.15, 0.2) is 0 Å². The summed E-state index contributed by atoms with van der Waals surface area (Å²) in [5.41, 5.74) is 0.716. The zero-order valence-electron chi connectivity index (χ0n) is 17.2. The summed E-state index contributed by atoms with van der Waals surface area (Å²) in [6.07, 6.45) is 3.87. The molecule has 0 aromatic heterocycles. The maximum atomic E-state index is 12.1. The zero-order valence-corrected chi connectivity index (χ0v) is 17.2. The minimum absolute atomic E-state index is 0.0293. The lowest BCUT2D eigenvalue weighted by atomic mass is 9.80. The summed E-state index contributed by atoms with van der Waals surface area (Å²) in [7, 11) is 0. The van der Waals surface area contributed by atoms with Crippen LogP contribution in [0.15, 0.2) is 30.3 Å². The van der Waals surface area contributed by atoms with Gasteiger partial charge in [-0.1, -0.05) is 43.7 Å². The van der Waals surface area contributed by atoms with Crippen LogP contribution >= 0.6 is 0 Å². The van der Waals surface area contributed by atoms with E-state index in [4.69, 9.17) is 9.57 Å². The van der Waals surface area contributed by atoms with Crippen molar-refractivity contribution >= 4 is 5.97 Å². The molecular weight excluding hydrogens is 326 g/mol. The summed E-state index contributed by atoms with van der Waals surface area (Å²) in [5, 5.41) is 2.12. The van der Waals surface area contributed by atoms with Gasteiger partial charge in [0, 0.05) is 30.3 Å².